The lowest BCUT2D eigenvalue weighted by atomic mass is 10.2. The molecule has 3 heteroatoms. The topological polar surface area (TPSA) is 42.2 Å². The van der Waals surface area contributed by atoms with Crippen molar-refractivity contribution in [3.8, 4) is 0 Å². The van der Waals surface area contributed by atoms with E-state index in [9.17, 15) is 4.79 Å². The van der Waals surface area contributed by atoms with Gasteiger partial charge in [0.15, 0.2) is 12.0 Å². The van der Waals surface area contributed by atoms with Crippen LogP contribution < -0.4 is 5.32 Å². The lowest BCUT2D eigenvalue weighted by molar-refractivity contribution is 0.110. The van der Waals surface area contributed by atoms with Gasteiger partial charge in [-0.15, -0.1) is 0 Å². The third-order valence-corrected chi connectivity index (χ3v) is 1.69. The minimum Gasteiger partial charge on any atom is -0.461 e. The van der Waals surface area contributed by atoms with Gasteiger partial charge in [0.2, 0.25) is 0 Å². The molecular weight excluding hydrogens is 166 g/mol. The summed E-state index contributed by atoms with van der Waals surface area (Å²) >= 11 is 0. The van der Waals surface area contributed by atoms with Crippen LogP contribution in [0, 0.1) is 0 Å². The van der Waals surface area contributed by atoms with Crippen LogP contribution in [0.1, 0.15) is 22.5 Å². The van der Waals surface area contributed by atoms with Crippen molar-refractivity contribution < 1.29 is 9.21 Å². The first-order valence-corrected chi connectivity index (χ1v) is 4.22. The van der Waals surface area contributed by atoms with E-state index in [0.29, 0.717) is 5.76 Å². The lowest BCUT2D eigenvalue weighted by Gasteiger charge is -1.90. The normalized spacial score (nSPS) is 10.8. The van der Waals surface area contributed by atoms with Gasteiger partial charge in [0.1, 0.15) is 0 Å². The van der Waals surface area contributed by atoms with Gasteiger partial charge in [0, 0.05) is 5.56 Å². The van der Waals surface area contributed by atoms with Crippen LogP contribution in [-0.2, 0) is 0 Å². The van der Waals surface area contributed by atoms with Crippen molar-refractivity contribution in [1.82, 2.24) is 5.32 Å². The SMILES string of the molecule is CNCCC=Cc1ccoc1C=O. The van der Waals surface area contributed by atoms with Crippen molar-refractivity contribution in [2.75, 3.05) is 13.6 Å². The van der Waals surface area contributed by atoms with E-state index in [0.717, 1.165) is 24.8 Å². The van der Waals surface area contributed by atoms with Gasteiger partial charge in [-0.05, 0) is 26.1 Å². The van der Waals surface area contributed by atoms with Gasteiger partial charge in [-0.2, -0.15) is 0 Å². The summed E-state index contributed by atoms with van der Waals surface area (Å²) in [5.41, 5.74) is 0.839. The minimum atomic E-state index is 0.390. The molecule has 0 spiro atoms. The molecule has 1 aromatic rings. The van der Waals surface area contributed by atoms with Crippen LogP contribution in [0.15, 0.2) is 22.8 Å². The van der Waals surface area contributed by atoms with Crippen molar-refractivity contribution in [2.45, 2.75) is 6.42 Å². The Hall–Kier alpha value is -1.35. The molecule has 0 bridgehead atoms. The smallest absolute Gasteiger partial charge is 0.185 e. The first-order chi connectivity index (χ1) is 6.38. The summed E-state index contributed by atoms with van der Waals surface area (Å²) in [7, 11) is 1.91. The van der Waals surface area contributed by atoms with Crippen molar-refractivity contribution in [1.29, 1.82) is 0 Å². The molecule has 0 saturated heterocycles. The highest BCUT2D eigenvalue weighted by molar-refractivity contribution is 5.77. The summed E-state index contributed by atoms with van der Waals surface area (Å²) in [6, 6.07) is 1.78. The van der Waals surface area contributed by atoms with Crippen LogP contribution >= 0.6 is 0 Å². The maximum atomic E-state index is 10.4. The van der Waals surface area contributed by atoms with E-state index in [2.05, 4.69) is 5.32 Å². The van der Waals surface area contributed by atoms with Crippen LogP contribution in [-0.4, -0.2) is 19.9 Å². The van der Waals surface area contributed by atoms with Gasteiger partial charge in [0.25, 0.3) is 0 Å². The molecule has 0 unspecified atom stereocenters. The Morgan fingerprint density at radius 1 is 1.62 bits per heavy atom. The molecule has 0 amide bonds. The number of carbonyl (C=O) groups is 1. The molecule has 1 aromatic heterocycles. The highest BCUT2D eigenvalue weighted by Gasteiger charge is 1.99. The summed E-state index contributed by atoms with van der Waals surface area (Å²) in [4.78, 5) is 10.4. The second-order valence-corrected chi connectivity index (χ2v) is 2.65. The summed E-state index contributed by atoms with van der Waals surface area (Å²) in [6.45, 7) is 0.935. The highest BCUT2D eigenvalue weighted by atomic mass is 16.3. The Balaban J connectivity index is 2.52. The predicted octanol–water partition coefficient (Wildman–Crippen LogP) is 1.71. The molecule has 1 N–H and O–H groups in total. The first-order valence-electron chi connectivity index (χ1n) is 4.22. The van der Waals surface area contributed by atoms with Gasteiger partial charge >= 0.3 is 0 Å². The van der Waals surface area contributed by atoms with E-state index in [1.807, 2.05) is 19.2 Å². The monoisotopic (exact) mass is 179 g/mol. The largest absolute Gasteiger partial charge is 0.461 e. The zero-order chi connectivity index (χ0) is 9.52. The Morgan fingerprint density at radius 3 is 3.15 bits per heavy atom. The molecule has 0 aromatic carbocycles. The predicted molar refractivity (Wildman–Crippen MR) is 51.7 cm³/mol. The minimum absolute atomic E-state index is 0.390. The zero-order valence-corrected chi connectivity index (χ0v) is 7.62. The molecule has 0 saturated carbocycles. The number of hydrogen-bond donors (Lipinski definition) is 1. The van der Waals surface area contributed by atoms with Crippen molar-refractivity contribution in [2.24, 2.45) is 0 Å². The number of furan rings is 1. The molecule has 13 heavy (non-hydrogen) atoms. The van der Waals surface area contributed by atoms with E-state index >= 15 is 0 Å². The fourth-order valence-corrected chi connectivity index (χ4v) is 1.00. The van der Waals surface area contributed by atoms with Crippen LogP contribution in [0.2, 0.25) is 0 Å². The molecule has 70 valence electrons. The molecule has 0 aliphatic carbocycles. The van der Waals surface area contributed by atoms with Crippen molar-refractivity contribution in [3.05, 3.63) is 29.7 Å². The molecule has 0 radical (unpaired) electrons. The fraction of sp³-hybridized carbons (Fsp3) is 0.300. The summed E-state index contributed by atoms with van der Waals surface area (Å²) in [5.74, 6) is 0.390. The average Bonchev–Trinajstić information content (AvgIpc) is 2.60. The standard InChI is InChI=1S/C10H13NO2/c1-11-6-3-2-4-9-5-7-13-10(9)8-12/h2,4-5,7-8,11H,3,6H2,1H3. The first kappa shape index (κ1) is 9.74. The van der Waals surface area contributed by atoms with Gasteiger partial charge in [-0.1, -0.05) is 12.2 Å². The Kier molecular flexibility index (Phi) is 3.99. The summed E-state index contributed by atoms with van der Waals surface area (Å²) in [6.07, 6.45) is 7.08. The van der Waals surface area contributed by atoms with Crippen molar-refractivity contribution in [3.63, 3.8) is 0 Å². The maximum Gasteiger partial charge on any atom is 0.185 e. The fourth-order valence-electron chi connectivity index (χ4n) is 1.00. The zero-order valence-electron chi connectivity index (χ0n) is 7.62. The third kappa shape index (κ3) is 2.87. The van der Waals surface area contributed by atoms with E-state index in [1.54, 1.807) is 6.07 Å². The third-order valence-electron chi connectivity index (χ3n) is 1.69. The quantitative estimate of drug-likeness (QED) is 0.552. The number of rotatable bonds is 5. The second-order valence-electron chi connectivity index (χ2n) is 2.65. The molecule has 0 fully saturated rings. The molecule has 0 aliphatic heterocycles. The van der Waals surface area contributed by atoms with Gasteiger partial charge in [0.05, 0.1) is 6.26 Å². The van der Waals surface area contributed by atoms with E-state index in [1.165, 1.54) is 6.26 Å². The average molecular weight is 179 g/mol. The molecule has 0 atom stereocenters. The number of carbonyl (C=O) groups excluding carboxylic acids is 1. The highest BCUT2D eigenvalue weighted by Crippen LogP contribution is 2.09. The van der Waals surface area contributed by atoms with Crippen LogP contribution in [0.5, 0.6) is 0 Å². The van der Waals surface area contributed by atoms with Gasteiger partial charge in [-0.25, -0.2) is 0 Å². The van der Waals surface area contributed by atoms with Crippen LogP contribution in [0.25, 0.3) is 6.08 Å². The van der Waals surface area contributed by atoms with E-state index in [-0.39, 0.29) is 0 Å². The van der Waals surface area contributed by atoms with Crippen molar-refractivity contribution >= 4 is 12.4 Å². The number of hydrogen-bond acceptors (Lipinski definition) is 3. The van der Waals surface area contributed by atoms with E-state index < -0.39 is 0 Å². The molecule has 1 rings (SSSR count). The summed E-state index contributed by atoms with van der Waals surface area (Å²) in [5, 5.41) is 3.03. The van der Waals surface area contributed by atoms with Crippen LogP contribution in [0.4, 0.5) is 0 Å². The number of nitrogens with one attached hydrogen (secondary N) is 1. The summed E-state index contributed by atoms with van der Waals surface area (Å²) < 4.78 is 4.94. The lowest BCUT2D eigenvalue weighted by Crippen LogP contribution is -2.05. The number of aldehydes is 1. The molecular formula is C10H13NO2. The van der Waals surface area contributed by atoms with E-state index in [4.69, 9.17) is 4.42 Å². The van der Waals surface area contributed by atoms with Gasteiger partial charge < -0.3 is 9.73 Å². The second kappa shape index (κ2) is 5.32. The molecule has 3 nitrogen and oxygen atoms in total. The maximum absolute atomic E-state index is 10.4. The Labute approximate surface area is 77.4 Å². The Morgan fingerprint density at radius 2 is 2.46 bits per heavy atom. The molecule has 1 heterocycles. The Bertz CT molecular complexity index is 289. The molecule has 0 aliphatic rings. The van der Waals surface area contributed by atoms with Crippen LogP contribution in [0.3, 0.4) is 0 Å². The van der Waals surface area contributed by atoms with Gasteiger partial charge in [-0.3, -0.25) is 4.79 Å².